The molecule has 0 aliphatic rings. The number of rotatable bonds is 3. The molecule has 0 radical (unpaired) electrons. The van der Waals surface area contributed by atoms with E-state index in [1.807, 2.05) is 48.5 Å². The molecule has 5 heteroatoms. The lowest BCUT2D eigenvalue weighted by molar-refractivity contribution is 1.34. The molecule has 1 N–H and O–H groups in total. The minimum absolute atomic E-state index is 0.643. The summed E-state index contributed by atoms with van der Waals surface area (Å²) in [5, 5.41) is 5.66. The van der Waals surface area contributed by atoms with Crippen molar-refractivity contribution < 1.29 is 0 Å². The molecule has 19 heavy (non-hydrogen) atoms. The van der Waals surface area contributed by atoms with Crippen LogP contribution in [0.1, 0.15) is 5.01 Å². The highest BCUT2D eigenvalue weighted by Gasteiger charge is 2.00. The standard InChI is InChI=1S/C14H10ClN3S/c15-10-5-1-2-6-11(10)18-16-9-14-17-12-7-3-4-8-13(12)19-14/h1-9,18H/b16-9-. The molecule has 0 saturated heterocycles. The van der Waals surface area contributed by atoms with Gasteiger partial charge in [0.25, 0.3) is 0 Å². The van der Waals surface area contributed by atoms with Crippen LogP contribution in [0, 0.1) is 0 Å². The third kappa shape index (κ3) is 2.75. The molecule has 0 unspecified atom stereocenters. The molecular weight excluding hydrogens is 278 g/mol. The van der Waals surface area contributed by atoms with Crippen LogP contribution >= 0.6 is 22.9 Å². The molecule has 94 valence electrons. The number of hydrogen-bond acceptors (Lipinski definition) is 4. The van der Waals surface area contributed by atoms with Gasteiger partial charge in [-0.2, -0.15) is 5.10 Å². The van der Waals surface area contributed by atoms with Crippen LogP contribution in [0.15, 0.2) is 53.6 Å². The van der Waals surface area contributed by atoms with Crippen molar-refractivity contribution in [2.75, 3.05) is 5.43 Å². The summed E-state index contributed by atoms with van der Waals surface area (Å²) in [5.41, 5.74) is 4.68. The highest BCUT2D eigenvalue weighted by Crippen LogP contribution is 2.21. The molecule has 0 atom stereocenters. The second kappa shape index (κ2) is 5.38. The summed E-state index contributed by atoms with van der Waals surface area (Å²) in [6, 6.07) is 15.5. The number of aromatic nitrogens is 1. The highest BCUT2D eigenvalue weighted by atomic mass is 35.5. The number of hydrogen-bond donors (Lipinski definition) is 1. The van der Waals surface area contributed by atoms with Gasteiger partial charge in [0.2, 0.25) is 0 Å². The normalized spacial score (nSPS) is 11.2. The van der Waals surface area contributed by atoms with Gasteiger partial charge >= 0.3 is 0 Å². The number of anilines is 1. The molecule has 0 bridgehead atoms. The number of benzene rings is 2. The van der Waals surface area contributed by atoms with E-state index in [-0.39, 0.29) is 0 Å². The minimum atomic E-state index is 0.643. The third-order valence-corrected chi connectivity index (χ3v) is 3.84. The van der Waals surface area contributed by atoms with Gasteiger partial charge in [0, 0.05) is 0 Å². The summed E-state index contributed by atoms with van der Waals surface area (Å²) in [6.45, 7) is 0. The van der Waals surface area contributed by atoms with Crippen molar-refractivity contribution >= 4 is 45.1 Å². The lowest BCUT2D eigenvalue weighted by atomic mass is 10.3. The Bertz CT molecular complexity index is 703. The molecule has 0 aliphatic heterocycles. The number of para-hydroxylation sites is 2. The first-order valence-corrected chi connectivity index (χ1v) is 6.91. The minimum Gasteiger partial charge on any atom is -0.277 e. The Labute approximate surface area is 119 Å². The number of halogens is 1. The molecule has 1 heterocycles. The SMILES string of the molecule is Clc1ccccc1N/N=C\c1nc2ccccc2s1. The van der Waals surface area contributed by atoms with Crippen LogP contribution in [0.5, 0.6) is 0 Å². The first-order chi connectivity index (χ1) is 9.33. The first-order valence-electron chi connectivity index (χ1n) is 5.72. The Balaban J connectivity index is 1.78. The Morgan fingerprint density at radius 1 is 1.11 bits per heavy atom. The van der Waals surface area contributed by atoms with Crippen LogP contribution in [0.2, 0.25) is 5.02 Å². The average molecular weight is 288 g/mol. The average Bonchev–Trinajstić information content (AvgIpc) is 2.83. The Morgan fingerprint density at radius 2 is 1.89 bits per heavy atom. The lowest BCUT2D eigenvalue weighted by Crippen LogP contribution is -1.90. The monoisotopic (exact) mass is 287 g/mol. The second-order valence-electron chi connectivity index (χ2n) is 3.87. The summed E-state index contributed by atoms with van der Waals surface area (Å²) in [5.74, 6) is 0. The van der Waals surface area contributed by atoms with Gasteiger partial charge in [-0.1, -0.05) is 35.9 Å². The van der Waals surface area contributed by atoms with E-state index >= 15 is 0 Å². The maximum atomic E-state index is 6.02. The maximum Gasteiger partial charge on any atom is 0.137 e. The van der Waals surface area contributed by atoms with Crippen molar-refractivity contribution in [1.82, 2.24) is 4.98 Å². The second-order valence-corrected chi connectivity index (χ2v) is 5.34. The predicted molar refractivity (Wildman–Crippen MR) is 82.3 cm³/mol. The van der Waals surface area contributed by atoms with Crippen LogP contribution < -0.4 is 5.43 Å². The fourth-order valence-corrected chi connectivity index (χ4v) is 2.67. The summed E-state index contributed by atoms with van der Waals surface area (Å²) < 4.78 is 1.15. The predicted octanol–water partition coefficient (Wildman–Crippen LogP) is 4.40. The maximum absolute atomic E-state index is 6.02. The van der Waals surface area contributed by atoms with E-state index < -0.39 is 0 Å². The smallest absolute Gasteiger partial charge is 0.137 e. The van der Waals surface area contributed by atoms with Crippen molar-refractivity contribution in [3.05, 3.63) is 58.6 Å². The van der Waals surface area contributed by atoms with Crippen LogP contribution in [-0.2, 0) is 0 Å². The molecule has 3 rings (SSSR count). The summed E-state index contributed by atoms with van der Waals surface area (Å²) in [6.07, 6.45) is 1.70. The van der Waals surface area contributed by atoms with Gasteiger partial charge in [0.1, 0.15) is 5.01 Å². The van der Waals surface area contributed by atoms with Crippen molar-refractivity contribution in [1.29, 1.82) is 0 Å². The van der Waals surface area contributed by atoms with E-state index in [9.17, 15) is 0 Å². The van der Waals surface area contributed by atoms with Gasteiger partial charge in [-0.3, -0.25) is 5.43 Å². The highest BCUT2D eigenvalue weighted by molar-refractivity contribution is 7.20. The zero-order chi connectivity index (χ0) is 13.1. The van der Waals surface area contributed by atoms with E-state index in [2.05, 4.69) is 15.5 Å². The van der Waals surface area contributed by atoms with E-state index in [1.165, 1.54) is 0 Å². The summed E-state index contributed by atoms with van der Waals surface area (Å²) in [7, 11) is 0. The van der Waals surface area contributed by atoms with Gasteiger partial charge in [-0.05, 0) is 24.3 Å². The summed E-state index contributed by atoms with van der Waals surface area (Å²) in [4.78, 5) is 4.46. The molecule has 2 aromatic carbocycles. The Hall–Kier alpha value is -1.91. The van der Waals surface area contributed by atoms with Gasteiger partial charge in [0.05, 0.1) is 27.1 Å². The fraction of sp³-hybridized carbons (Fsp3) is 0. The molecule has 0 saturated carbocycles. The van der Waals surface area contributed by atoms with Crippen molar-refractivity contribution in [2.24, 2.45) is 5.10 Å². The van der Waals surface area contributed by atoms with Crippen molar-refractivity contribution in [3.8, 4) is 0 Å². The first kappa shape index (κ1) is 12.1. The zero-order valence-electron chi connectivity index (χ0n) is 9.88. The molecule has 0 amide bonds. The topological polar surface area (TPSA) is 37.3 Å². The molecule has 0 fully saturated rings. The molecule has 3 nitrogen and oxygen atoms in total. The molecule has 1 aromatic heterocycles. The number of nitrogens with one attached hydrogen (secondary N) is 1. The van der Waals surface area contributed by atoms with Gasteiger partial charge in [-0.15, -0.1) is 11.3 Å². The summed E-state index contributed by atoms with van der Waals surface area (Å²) >= 11 is 7.62. The van der Waals surface area contributed by atoms with Crippen LogP contribution in [-0.4, -0.2) is 11.2 Å². The Kier molecular flexibility index (Phi) is 3.44. The van der Waals surface area contributed by atoms with Crippen LogP contribution in [0.4, 0.5) is 5.69 Å². The number of hydrazone groups is 1. The fourth-order valence-electron chi connectivity index (χ4n) is 1.65. The van der Waals surface area contributed by atoms with Gasteiger partial charge < -0.3 is 0 Å². The lowest BCUT2D eigenvalue weighted by Gasteiger charge is -2.00. The molecule has 3 aromatic rings. The van der Waals surface area contributed by atoms with E-state index in [0.717, 1.165) is 20.9 Å². The number of thiazole rings is 1. The van der Waals surface area contributed by atoms with E-state index in [4.69, 9.17) is 11.6 Å². The van der Waals surface area contributed by atoms with Crippen LogP contribution in [0.25, 0.3) is 10.2 Å². The van der Waals surface area contributed by atoms with Crippen molar-refractivity contribution in [3.63, 3.8) is 0 Å². The largest absolute Gasteiger partial charge is 0.277 e. The molecule has 0 aliphatic carbocycles. The van der Waals surface area contributed by atoms with Crippen LogP contribution in [0.3, 0.4) is 0 Å². The number of fused-ring (bicyclic) bond motifs is 1. The Morgan fingerprint density at radius 3 is 2.74 bits per heavy atom. The zero-order valence-corrected chi connectivity index (χ0v) is 11.4. The molecule has 0 spiro atoms. The van der Waals surface area contributed by atoms with Gasteiger partial charge in [-0.25, -0.2) is 4.98 Å². The molecular formula is C14H10ClN3S. The van der Waals surface area contributed by atoms with E-state index in [1.54, 1.807) is 17.6 Å². The van der Waals surface area contributed by atoms with Crippen molar-refractivity contribution in [2.45, 2.75) is 0 Å². The number of nitrogens with zero attached hydrogens (tertiary/aromatic N) is 2. The van der Waals surface area contributed by atoms with E-state index in [0.29, 0.717) is 5.02 Å². The third-order valence-electron chi connectivity index (χ3n) is 2.54. The van der Waals surface area contributed by atoms with Gasteiger partial charge in [0.15, 0.2) is 0 Å². The quantitative estimate of drug-likeness (QED) is 0.573.